The molecule has 0 unspecified atom stereocenters. The fourth-order valence-electron chi connectivity index (χ4n) is 3.22. The molecule has 154 valence electrons. The molecule has 1 N–H and O–H groups in total. The van der Waals surface area contributed by atoms with Crippen LogP contribution in [0.5, 0.6) is 0 Å². The molecule has 0 spiro atoms. The second-order valence-electron chi connectivity index (χ2n) is 7.13. The summed E-state index contributed by atoms with van der Waals surface area (Å²) < 4.78 is 27.0. The molecule has 1 aliphatic rings. The van der Waals surface area contributed by atoms with E-state index < -0.39 is 15.9 Å². The number of nitrogens with zero attached hydrogens (tertiary/aromatic N) is 2. The van der Waals surface area contributed by atoms with E-state index in [9.17, 15) is 18.0 Å². The standard InChI is InChI=1S/C21H25N3O4S/c1-16(25)23(2)15-18-8-3-4-11-20(18)22-21(26)17-9-7-10-19(14-17)29(27,28)24-12-5-6-13-24/h3-4,7-11,14H,5-6,12-13,15H2,1-2H3,(H,22,26). The molecule has 1 fully saturated rings. The quantitative estimate of drug-likeness (QED) is 0.786. The normalized spacial score (nSPS) is 14.6. The van der Waals surface area contributed by atoms with Gasteiger partial charge >= 0.3 is 0 Å². The predicted octanol–water partition coefficient (Wildman–Crippen LogP) is 2.70. The molecule has 1 aliphatic heterocycles. The third-order valence-corrected chi connectivity index (χ3v) is 6.90. The van der Waals surface area contributed by atoms with Crippen LogP contribution in [0.2, 0.25) is 0 Å². The first-order chi connectivity index (χ1) is 13.8. The molecule has 2 aromatic carbocycles. The molecular formula is C21H25N3O4S. The van der Waals surface area contributed by atoms with Crippen LogP contribution in [-0.4, -0.2) is 49.6 Å². The number of hydrogen-bond donors (Lipinski definition) is 1. The van der Waals surface area contributed by atoms with Crippen molar-refractivity contribution >= 4 is 27.5 Å². The van der Waals surface area contributed by atoms with Crippen LogP contribution < -0.4 is 5.32 Å². The second-order valence-corrected chi connectivity index (χ2v) is 9.06. The van der Waals surface area contributed by atoms with Crippen molar-refractivity contribution in [2.75, 3.05) is 25.5 Å². The van der Waals surface area contributed by atoms with E-state index in [-0.39, 0.29) is 16.4 Å². The number of rotatable bonds is 6. The topological polar surface area (TPSA) is 86.8 Å². The summed E-state index contributed by atoms with van der Waals surface area (Å²) in [6.07, 6.45) is 1.70. The van der Waals surface area contributed by atoms with Gasteiger partial charge in [0, 0.05) is 44.9 Å². The number of carbonyl (C=O) groups excluding carboxylic acids is 2. The highest BCUT2D eigenvalue weighted by molar-refractivity contribution is 7.89. The first-order valence-corrected chi connectivity index (χ1v) is 10.9. The Morgan fingerprint density at radius 1 is 1.07 bits per heavy atom. The summed E-state index contributed by atoms with van der Waals surface area (Å²) in [7, 11) is -1.90. The molecule has 0 radical (unpaired) electrons. The Labute approximate surface area is 171 Å². The zero-order valence-electron chi connectivity index (χ0n) is 16.6. The maximum absolute atomic E-state index is 12.8. The minimum absolute atomic E-state index is 0.0778. The Balaban J connectivity index is 1.81. The van der Waals surface area contributed by atoms with Crippen molar-refractivity contribution < 1.29 is 18.0 Å². The number of hydrogen-bond acceptors (Lipinski definition) is 4. The summed E-state index contributed by atoms with van der Waals surface area (Å²) in [5.41, 5.74) is 1.64. The van der Waals surface area contributed by atoms with Gasteiger partial charge in [0.25, 0.3) is 5.91 Å². The molecule has 1 saturated heterocycles. The van der Waals surface area contributed by atoms with Gasteiger partial charge < -0.3 is 10.2 Å². The van der Waals surface area contributed by atoms with Gasteiger partial charge in [-0.3, -0.25) is 9.59 Å². The Morgan fingerprint density at radius 2 is 1.76 bits per heavy atom. The first kappa shape index (κ1) is 21.0. The van der Waals surface area contributed by atoms with E-state index in [2.05, 4.69) is 5.32 Å². The van der Waals surface area contributed by atoms with Crippen molar-refractivity contribution in [3.8, 4) is 0 Å². The fourth-order valence-corrected chi connectivity index (χ4v) is 4.78. The van der Waals surface area contributed by atoms with Gasteiger partial charge in [-0.1, -0.05) is 24.3 Å². The molecule has 1 heterocycles. The average Bonchev–Trinajstić information content (AvgIpc) is 3.25. The number of carbonyl (C=O) groups is 2. The van der Waals surface area contributed by atoms with E-state index in [1.807, 2.05) is 12.1 Å². The number of nitrogens with one attached hydrogen (secondary N) is 1. The predicted molar refractivity (Wildman–Crippen MR) is 111 cm³/mol. The highest BCUT2D eigenvalue weighted by atomic mass is 32.2. The zero-order valence-corrected chi connectivity index (χ0v) is 17.4. The minimum atomic E-state index is -3.59. The summed E-state index contributed by atoms with van der Waals surface area (Å²) in [4.78, 5) is 26.0. The highest BCUT2D eigenvalue weighted by Gasteiger charge is 2.27. The van der Waals surface area contributed by atoms with Crippen LogP contribution in [0.3, 0.4) is 0 Å². The van der Waals surface area contributed by atoms with Crippen LogP contribution in [-0.2, 0) is 21.4 Å². The fraction of sp³-hybridized carbons (Fsp3) is 0.333. The van der Waals surface area contributed by atoms with Crippen molar-refractivity contribution in [3.63, 3.8) is 0 Å². The number of anilines is 1. The van der Waals surface area contributed by atoms with Crippen molar-refractivity contribution in [2.45, 2.75) is 31.2 Å². The second kappa shape index (κ2) is 8.75. The molecule has 0 aliphatic carbocycles. The number of benzene rings is 2. The highest BCUT2D eigenvalue weighted by Crippen LogP contribution is 2.23. The monoisotopic (exact) mass is 415 g/mol. The van der Waals surface area contributed by atoms with Gasteiger partial charge in [-0.15, -0.1) is 0 Å². The maximum atomic E-state index is 12.8. The molecule has 0 atom stereocenters. The Bertz CT molecular complexity index is 1010. The van der Waals surface area contributed by atoms with Crippen LogP contribution in [0.25, 0.3) is 0 Å². The maximum Gasteiger partial charge on any atom is 0.255 e. The van der Waals surface area contributed by atoms with E-state index in [1.54, 1.807) is 36.2 Å². The van der Waals surface area contributed by atoms with Crippen LogP contribution >= 0.6 is 0 Å². The van der Waals surface area contributed by atoms with E-state index in [0.717, 1.165) is 18.4 Å². The lowest BCUT2D eigenvalue weighted by Gasteiger charge is -2.18. The summed E-state index contributed by atoms with van der Waals surface area (Å²) in [5, 5.41) is 2.83. The van der Waals surface area contributed by atoms with Gasteiger partial charge in [-0.25, -0.2) is 8.42 Å². The molecule has 29 heavy (non-hydrogen) atoms. The minimum Gasteiger partial charge on any atom is -0.342 e. The number of para-hydroxylation sites is 1. The van der Waals surface area contributed by atoms with E-state index in [4.69, 9.17) is 0 Å². The largest absolute Gasteiger partial charge is 0.342 e. The third kappa shape index (κ3) is 4.83. The summed E-state index contributed by atoms with van der Waals surface area (Å²) in [6, 6.07) is 13.3. The van der Waals surface area contributed by atoms with E-state index in [1.165, 1.54) is 23.4 Å². The van der Waals surface area contributed by atoms with Crippen LogP contribution in [0.4, 0.5) is 5.69 Å². The Kier molecular flexibility index (Phi) is 6.34. The Morgan fingerprint density at radius 3 is 2.45 bits per heavy atom. The molecule has 7 nitrogen and oxygen atoms in total. The van der Waals surface area contributed by atoms with Gasteiger partial charge in [0.1, 0.15) is 0 Å². The molecule has 0 saturated carbocycles. The van der Waals surface area contributed by atoms with Gasteiger partial charge in [-0.05, 0) is 42.7 Å². The van der Waals surface area contributed by atoms with Gasteiger partial charge in [0.05, 0.1) is 4.90 Å². The average molecular weight is 416 g/mol. The van der Waals surface area contributed by atoms with Crippen LogP contribution in [0, 0.1) is 0 Å². The lowest BCUT2D eigenvalue weighted by molar-refractivity contribution is -0.128. The summed E-state index contributed by atoms with van der Waals surface area (Å²) in [5.74, 6) is -0.479. The van der Waals surface area contributed by atoms with Gasteiger partial charge in [0.2, 0.25) is 15.9 Å². The molecule has 0 bridgehead atoms. The SMILES string of the molecule is CC(=O)N(C)Cc1ccccc1NC(=O)c1cccc(S(=O)(=O)N2CCCC2)c1. The molecular weight excluding hydrogens is 390 g/mol. The third-order valence-electron chi connectivity index (χ3n) is 5.01. The van der Waals surface area contributed by atoms with E-state index >= 15 is 0 Å². The smallest absolute Gasteiger partial charge is 0.255 e. The molecule has 2 aromatic rings. The van der Waals surface area contributed by atoms with Crippen molar-refractivity contribution in [3.05, 3.63) is 59.7 Å². The van der Waals surface area contributed by atoms with Crippen molar-refractivity contribution in [1.29, 1.82) is 0 Å². The van der Waals surface area contributed by atoms with Gasteiger partial charge in [0.15, 0.2) is 0 Å². The first-order valence-electron chi connectivity index (χ1n) is 9.50. The Hall–Kier alpha value is -2.71. The molecule has 0 aromatic heterocycles. The van der Waals surface area contributed by atoms with Crippen molar-refractivity contribution in [1.82, 2.24) is 9.21 Å². The lowest BCUT2D eigenvalue weighted by Crippen LogP contribution is -2.28. The van der Waals surface area contributed by atoms with E-state index in [0.29, 0.717) is 25.3 Å². The molecule has 8 heteroatoms. The lowest BCUT2D eigenvalue weighted by atomic mass is 10.1. The van der Waals surface area contributed by atoms with Crippen LogP contribution in [0.1, 0.15) is 35.7 Å². The molecule has 3 rings (SSSR count). The summed E-state index contributed by atoms with van der Waals surface area (Å²) >= 11 is 0. The zero-order chi connectivity index (χ0) is 21.0. The number of sulfonamides is 1. The van der Waals surface area contributed by atoms with Crippen molar-refractivity contribution in [2.24, 2.45) is 0 Å². The van der Waals surface area contributed by atoms with Crippen LogP contribution in [0.15, 0.2) is 53.4 Å². The number of amides is 2. The van der Waals surface area contributed by atoms with Gasteiger partial charge in [-0.2, -0.15) is 4.31 Å². The summed E-state index contributed by atoms with van der Waals surface area (Å²) in [6.45, 7) is 2.86. The molecule has 2 amide bonds.